The number of allylic oxidation sites excluding steroid dienone is 4. The summed E-state index contributed by atoms with van der Waals surface area (Å²) in [6, 6.07) is 0. The number of esters is 2. The molecule has 0 heterocycles. The van der Waals surface area contributed by atoms with E-state index in [1.54, 1.807) is 0 Å². The van der Waals surface area contributed by atoms with Gasteiger partial charge in [-0.25, -0.2) is 4.57 Å². The molecule has 342 valence electrons. The maximum absolute atomic E-state index is 12.6. The molecule has 3 atom stereocenters. The average Bonchev–Trinajstić information content (AvgIpc) is 3.21. The third kappa shape index (κ3) is 42.6. The van der Waals surface area contributed by atoms with Crippen LogP contribution in [-0.4, -0.2) is 65.7 Å². The molecule has 0 aliphatic heterocycles. The summed E-state index contributed by atoms with van der Waals surface area (Å²) in [5, 5.41) is 18.4. The Balaban J connectivity index is 4.22. The van der Waals surface area contributed by atoms with Gasteiger partial charge in [-0.15, -0.1) is 0 Å². The highest BCUT2D eigenvalue weighted by Gasteiger charge is 2.27. The minimum absolute atomic E-state index is 0.182. The summed E-state index contributed by atoms with van der Waals surface area (Å²) in [6.45, 7) is 2.39. The first-order valence-electron chi connectivity index (χ1n) is 23.8. The zero-order valence-electron chi connectivity index (χ0n) is 37.3. The summed E-state index contributed by atoms with van der Waals surface area (Å²) in [6.07, 6.45) is 44.2. The third-order valence-corrected chi connectivity index (χ3v) is 11.3. The van der Waals surface area contributed by atoms with Crippen molar-refractivity contribution in [1.29, 1.82) is 0 Å². The zero-order valence-corrected chi connectivity index (χ0v) is 38.2. The lowest BCUT2D eigenvalue weighted by Gasteiger charge is -2.20. The van der Waals surface area contributed by atoms with Crippen LogP contribution in [0.15, 0.2) is 24.3 Å². The molecular weight excluding hydrogens is 755 g/mol. The number of hydrogen-bond donors (Lipinski definition) is 3. The smallest absolute Gasteiger partial charge is 0.462 e. The van der Waals surface area contributed by atoms with Crippen molar-refractivity contribution < 1.29 is 47.8 Å². The van der Waals surface area contributed by atoms with Crippen LogP contribution >= 0.6 is 7.82 Å². The minimum atomic E-state index is -4.62. The summed E-state index contributed by atoms with van der Waals surface area (Å²) in [5.74, 6) is -0.918. The molecule has 0 radical (unpaired) electrons. The van der Waals surface area contributed by atoms with Gasteiger partial charge >= 0.3 is 19.8 Å². The average molecular weight is 845 g/mol. The maximum atomic E-state index is 12.6. The Kier molecular flexibility index (Phi) is 42.4. The molecule has 1 unspecified atom stereocenters. The Morgan fingerprint density at radius 1 is 0.517 bits per heavy atom. The van der Waals surface area contributed by atoms with Gasteiger partial charge in [0.2, 0.25) is 0 Å². The fourth-order valence-corrected chi connectivity index (χ4v) is 7.46. The number of hydrogen-bond acceptors (Lipinski definition) is 9. The monoisotopic (exact) mass is 845 g/mol. The molecule has 0 amide bonds. The summed E-state index contributed by atoms with van der Waals surface area (Å²) in [4.78, 5) is 35.1. The summed E-state index contributed by atoms with van der Waals surface area (Å²) < 4.78 is 32.8. The first kappa shape index (κ1) is 56.5. The molecule has 10 nitrogen and oxygen atoms in total. The summed E-state index contributed by atoms with van der Waals surface area (Å²) in [7, 11) is -4.62. The second-order valence-corrected chi connectivity index (χ2v) is 17.6. The van der Waals surface area contributed by atoms with Crippen molar-refractivity contribution in [1.82, 2.24) is 0 Å². The van der Waals surface area contributed by atoms with E-state index in [9.17, 15) is 24.2 Å². The molecule has 0 aliphatic rings. The van der Waals surface area contributed by atoms with Crippen LogP contribution in [0.3, 0.4) is 0 Å². The lowest BCUT2D eigenvalue weighted by atomic mass is 10.0. The molecule has 58 heavy (non-hydrogen) atoms. The molecule has 0 aliphatic carbocycles. The van der Waals surface area contributed by atoms with E-state index >= 15 is 0 Å². The van der Waals surface area contributed by atoms with Gasteiger partial charge in [0.15, 0.2) is 6.10 Å². The predicted octanol–water partition coefficient (Wildman–Crippen LogP) is 13.0. The van der Waals surface area contributed by atoms with Crippen LogP contribution in [0.25, 0.3) is 0 Å². The van der Waals surface area contributed by atoms with Crippen molar-refractivity contribution in [3.63, 3.8) is 0 Å². The fraction of sp³-hybridized carbons (Fsp3) is 0.872. The van der Waals surface area contributed by atoms with Crippen LogP contribution in [0.4, 0.5) is 0 Å². The van der Waals surface area contributed by atoms with Crippen LogP contribution in [0, 0.1) is 0 Å². The van der Waals surface area contributed by atoms with Crippen LogP contribution in [-0.2, 0) is 32.7 Å². The number of aliphatic hydroxyl groups is 2. The molecule has 0 fully saturated rings. The van der Waals surface area contributed by atoms with Gasteiger partial charge in [-0.3, -0.25) is 18.6 Å². The third-order valence-electron chi connectivity index (χ3n) is 10.4. The number of rotatable bonds is 45. The van der Waals surface area contributed by atoms with Crippen molar-refractivity contribution >= 4 is 19.8 Å². The van der Waals surface area contributed by atoms with E-state index in [-0.39, 0.29) is 19.4 Å². The van der Waals surface area contributed by atoms with Crippen molar-refractivity contribution in [2.45, 2.75) is 238 Å². The number of carbonyl (C=O) groups is 2. The van der Waals surface area contributed by atoms with E-state index in [0.717, 1.165) is 51.4 Å². The molecular formula is C47H89O10P. The molecule has 0 aromatic carbocycles. The van der Waals surface area contributed by atoms with Gasteiger partial charge < -0.3 is 24.6 Å². The number of carbonyl (C=O) groups excluding carboxylic acids is 2. The summed E-state index contributed by atoms with van der Waals surface area (Å²) in [5.41, 5.74) is 0. The van der Waals surface area contributed by atoms with Gasteiger partial charge in [0, 0.05) is 12.8 Å². The normalized spacial score (nSPS) is 13.9. The highest BCUT2D eigenvalue weighted by Crippen LogP contribution is 2.43. The number of unbranched alkanes of at least 4 members (excludes halogenated alkanes) is 27. The number of ether oxygens (including phenoxy) is 2. The van der Waals surface area contributed by atoms with Crippen LogP contribution in [0.2, 0.25) is 0 Å². The first-order chi connectivity index (χ1) is 28.2. The highest BCUT2D eigenvalue weighted by molar-refractivity contribution is 7.47. The van der Waals surface area contributed by atoms with E-state index in [2.05, 4.69) is 38.2 Å². The molecule has 0 saturated carbocycles. The van der Waals surface area contributed by atoms with E-state index in [1.807, 2.05) is 0 Å². The highest BCUT2D eigenvalue weighted by atomic mass is 31.2. The van der Waals surface area contributed by atoms with E-state index in [0.29, 0.717) is 12.8 Å². The SMILES string of the molecule is CCCCC/C=C/C/C=C/CCCCCCCCCCCC(=O)O[C@H](COC(=O)CCCCCCCCCCCCCCCCCC)COP(=O)(O)OC[C@@H](O)CO. The minimum Gasteiger partial charge on any atom is -0.462 e. The van der Waals surface area contributed by atoms with E-state index in [4.69, 9.17) is 23.6 Å². The lowest BCUT2D eigenvalue weighted by Crippen LogP contribution is -2.29. The Labute approximate surface area is 355 Å². The molecule has 11 heteroatoms. The molecule has 0 aromatic heterocycles. The Bertz CT molecular complexity index is 1020. The first-order valence-corrected chi connectivity index (χ1v) is 25.3. The standard InChI is InChI=1S/C47H89O10P/c1-3-5-7-9-11-13-15-17-19-21-22-23-25-27-29-31-33-35-37-39-47(51)57-45(43-56-58(52,53)55-41-44(49)40-48)42-54-46(50)38-36-34-32-30-28-26-24-20-18-16-14-12-10-8-6-4-2/h11,13,17,19,44-45,48-49H,3-10,12,14-16,18,20-43H2,1-2H3,(H,52,53)/b13-11+,19-17+/t44-,45+/m0/s1. The second kappa shape index (κ2) is 43.5. The summed E-state index contributed by atoms with van der Waals surface area (Å²) >= 11 is 0. The maximum Gasteiger partial charge on any atom is 0.472 e. The Morgan fingerprint density at radius 2 is 0.897 bits per heavy atom. The molecule has 0 aromatic rings. The van der Waals surface area contributed by atoms with Gasteiger partial charge in [-0.2, -0.15) is 0 Å². The number of phosphoric ester groups is 1. The Morgan fingerprint density at radius 3 is 1.36 bits per heavy atom. The number of phosphoric acid groups is 1. The van der Waals surface area contributed by atoms with Gasteiger partial charge in [-0.1, -0.05) is 192 Å². The van der Waals surface area contributed by atoms with Gasteiger partial charge in [0.25, 0.3) is 0 Å². The zero-order chi connectivity index (χ0) is 42.6. The fourth-order valence-electron chi connectivity index (χ4n) is 6.67. The van der Waals surface area contributed by atoms with Crippen LogP contribution in [0.1, 0.15) is 226 Å². The van der Waals surface area contributed by atoms with E-state index in [1.165, 1.54) is 135 Å². The van der Waals surface area contributed by atoms with Gasteiger partial charge in [-0.05, 0) is 44.9 Å². The molecule has 0 bridgehead atoms. The Hall–Kier alpha value is -1.55. The molecule has 0 rings (SSSR count). The van der Waals surface area contributed by atoms with Crippen molar-refractivity contribution in [3.8, 4) is 0 Å². The molecule has 3 N–H and O–H groups in total. The second-order valence-electron chi connectivity index (χ2n) is 16.1. The van der Waals surface area contributed by atoms with Gasteiger partial charge in [0.1, 0.15) is 12.7 Å². The topological polar surface area (TPSA) is 149 Å². The lowest BCUT2D eigenvalue weighted by molar-refractivity contribution is -0.161. The molecule has 0 saturated heterocycles. The van der Waals surface area contributed by atoms with E-state index < -0.39 is 51.8 Å². The van der Waals surface area contributed by atoms with Crippen molar-refractivity contribution in [2.75, 3.05) is 26.4 Å². The predicted molar refractivity (Wildman–Crippen MR) is 238 cm³/mol. The molecule has 0 spiro atoms. The van der Waals surface area contributed by atoms with Crippen molar-refractivity contribution in [3.05, 3.63) is 24.3 Å². The number of aliphatic hydroxyl groups excluding tert-OH is 2. The van der Waals surface area contributed by atoms with Crippen LogP contribution in [0.5, 0.6) is 0 Å². The largest absolute Gasteiger partial charge is 0.472 e. The van der Waals surface area contributed by atoms with Crippen LogP contribution < -0.4 is 0 Å². The van der Waals surface area contributed by atoms with Gasteiger partial charge in [0.05, 0.1) is 19.8 Å². The van der Waals surface area contributed by atoms with Crippen molar-refractivity contribution in [2.24, 2.45) is 0 Å². The quantitative estimate of drug-likeness (QED) is 0.0234.